The topological polar surface area (TPSA) is 50.4 Å². The normalized spacial score (nSPS) is 27.1. The van der Waals surface area contributed by atoms with E-state index in [0.29, 0.717) is 6.04 Å². The van der Waals surface area contributed by atoms with E-state index in [1.807, 2.05) is 0 Å². The summed E-state index contributed by atoms with van der Waals surface area (Å²) < 4.78 is 5.33. The van der Waals surface area contributed by atoms with Gasteiger partial charge in [0, 0.05) is 12.6 Å². The molecule has 1 atom stereocenters. The summed E-state index contributed by atoms with van der Waals surface area (Å²) >= 11 is 0. The molecule has 0 aromatic heterocycles. The first-order valence-electron chi connectivity index (χ1n) is 5.49. The zero-order valence-corrected chi connectivity index (χ0v) is 9.65. The Kier molecular flexibility index (Phi) is 5.36. The lowest BCUT2D eigenvalue weighted by Crippen LogP contribution is -2.46. The quantitative estimate of drug-likeness (QED) is 0.730. The lowest BCUT2D eigenvalue weighted by molar-refractivity contribution is -0.130. The van der Waals surface area contributed by atoms with Crippen LogP contribution in [0.3, 0.4) is 0 Å². The number of rotatable bonds is 2. The Morgan fingerprint density at radius 1 is 1.27 bits per heavy atom. The highest BCUT2D eigenvalue weighted by molar-refractivity contribution is 5.85. The van der Waals surface area contributed by atoms with E-state index >= 15 is 0 Å². The number of halogens is 1. The summed E-state index contributed by atoms with van der Waals surface area (Å²) in [7, 11) is 0. The highest BCUT2D eigenvalue weighted by Gasteiger charge is 2.25. The Hall–Kier alpha value is -0.320. The summed E-state index contributed by atoms with van der Waals surface area (Å²) in [4.78, 5) is 11.7. The molecule has 2 rings (SSSR count). The fourth-order valence-electron chi connectivity index (χ4n) is 2.04. The van der Waals surface area contributed by atoms with Crippen LogP contribution in [0.4, 0.5) is 0 Å². The van der Waals surface area contributed by atoms with Gasteiger partial charge in [0.05, 0.1) is 0 Å². The first-order chi connectivity index (χ1) is 6.86. The number of hydrogen-bond donors (Lipinski definition) is 2. The fraction of sp³-hybridized carbons (Fsp3) is 0.900. The van der Waals surface area contributed by atoms with E-state index in [1.165, 1.54) is 0 Å². The summed E-state index contributed by atoms with van der Waals surface area (Å²) in [6.07, 6.45) is 3.81. The third kappa shape index (κ3) is 3.63. The molecule has 1 amide bonds. The van der Waals surface area contributed by atoms with Crippen LogP contribution in [0.1, 0.15) is 25.7 Å². The van der Waals surface area contributed by atoms with Crippen LogP contribution in [0, 0.1) is 0 Å². The third-order valence-corrected chi connectivity index (χ3v) is 2.91. The monoisotopic (exact) mass is 234 g/mol. The SMILES string of the molecule is Cl.O=C(NC1CCNCC1)C1CCCO1. The van der Waals surface area contributed by atoms with Crippen LogP contribution in [0.5, 0.6) is 0 Å². The molecule has 2 aliphatic rings. The molecule has 2 heterocycles. The number of piperidine rings is 1. The van der Waals surface area contributed by atoms with Crippen molar-refractivity contribution in [2.75, 3.05) is 19.7 Å². The minimum Gasteiger partial charge on any atom is -0.368 e. The highest BCUT2D eigenvalue weighted by Crippen LogP contribution is 2.13. The van der Waals surface area contributed by atoms with Crippen molar-refractivity contribution in [3.63, 3.8) is 0 Å². The number of ether oxygens (including phenoxy) is 1. The number of carbonyl (C=O) groups is 1. The predicted molar refractivity (Wildman–Crippen MR) is 60.3 cm³/mol. The van der Waals surface area contributed by atoms with E-state index in [1.54, 1.807) is 0 Å². The maximum atomic E-state index is 11.7. The van der Waals surface area contributed by atoms with Crippen molar-refractivity contribution in [1.29, 1.82) is 0 Å². The van der Waals surface area contributed by atoms with Crippen LogP contribution in [0.15, 0.2) is 0 Å². The van der Waals surface area contributed by atoms with Crippen molar-refractivity contribution < 1.29 is 9.53 Å². The molecule has 4 nitrogen and oxygen atoms in total. The first-order valence-corrected chi connectivity index (χ1v) is 5.49. The molecule has 0 aliphatic carbocycles. The Bertz CT molecular complexity index is 202. The second-order valence-corrected chi connectivity index (χ2v) is 4.03. The van der Waals surface area contributed by atoms with Gasteiger partial charge in [-0.1, -0.05) is 0 Å². The van der Waals surface area contributed by atoms with E-state index in [0.717, 1.165) is 45.4 Å². The molecule has 88 valence electrons. The van der Waals surface area contributed by atoms with Crippen LogP contribution in [0.25, 0.3) is 0 Å². The Labute approximate surface area is 96.5 Å². The van der Waals surface area contributed by atoms with E-state index < -0.39 is 0 Å². The van der Waals surface area contributed by atoms with E-state index in [4.69, 9.17) is 4.74 Å². The summed E-state index contributed by atoms with van der Waals surface area (Å²) in [6, 6.07) is 0.355. The summed E-state index contributed by atoms with van der Waals surface area (Å²) in [5, 5.41) is 6.33. The molecule has 0 aromatic rings. The second kappa shape index (κ2) is 6.30. The zero-order valence-electron chi connectivity index (χ0n) is 8.83. The standard InChI is InChI=1S/C10H18N2O2.ClH/c13-10(9-2-1-7-14-9)12-8-3-5-11-6-4-8;/h8-9,11H,1-7H2,(H,12,13);1H. The molecule has 2 fully saturated rings. The molecule has 0 saturated carbocycles. The smallest absolute Gasteiger partial charge is 0.249 e. The minimum atomic E-state index is -0.176. The van der Waals surface area contributed by atoms with Gasteiger partial charge in [0.1, 0.15) is 6.10 Å². The van der Waals surface area contributed by atoms with Crippen LogP contribution in [0.2, 0.25) is 0 Å². The van der Waals surface area contributed by atoms with Gasteiger partial charge in [-0.3, -0.25) is 4.79 Å². The fourth-order valence-corrected chi connectivity index (χ4v) is 2.04. The summed E-state index contributed by atoms with van der Waals surface area (Å²) in [6.45, 7) is 2.76. The van der Waals surface area contributed by atoms with Crippen LogP contribution in [-0.2, 0) is 9.53 Å². The van der Waals surface area contributed by atoms with Gasteiger partial charge in [-0.05, 0) is 38.8 Å². The van der Waals surface area contributed by atoms with E-state index in [2.05, 4.69) is 10.6 Å². The molecule has 15 heavy (non-hydrogen) atoms. The average Bonchev–Trinajstić information content (AvgIpc) is 2.72. The van der Waals surface area contributed by atoms with Gasteiger partial charge in [-0.25, -0.2) is 0 Å². The van der Waals surface area contributed by atoms with Crippen molar-refractivity contribution in [2.45, 2.75) is 37.8 Å². The molecule has 2 N–H and O–H groups in total. The molecule has 0 spiro atoms. The summed E-state index contributed by atoms with van der Waals surface area (Å²) in [5.41, 5.74) is 0. The van der Waals surface area contributed by atoms with Crippen molar-refractivity contribution in [3.8, 4) is 0 Å². The highest BCUT2D eigenvalue weighted by atomic mass is 35.5. The number of hydrogen-bond acceptors (Lipinski definition) is 3. The Morgan fingerprint density at radius 2 is 2.00 bits per heavy atom. The van der Waals surface area contributed by atoms with Crippen molar-refractivity contribution in [2.24, 2.45) is 0 Å². The molecule has 2 aliphatic heterocycles. The van der Waals surface area contributed by atoms with E-state index in [-0.39, 0.29) is 24.4 Å². The molecular formula is C10H19ClN2O2. The lowest BCUT2D eigenvalue weighted by atomic mass is 10.1. The Balaban J connectivity index is 0.00000112. The maximum absolute atomic E-state index is 11.7. The molecule has 2 saturated heterocycles. The van der Waals surface area contributed by atoms with E-state index in [9.17, 15) is 4.79 Å². The zero-order chi connectivity index (χ0) is 9.80. The van der Waals surface area contributed by atoms with Gasteiger partial charge < -0.3 is 15.4 Å². The molecule has 0 bridgehead atoms. The lowest BCUT2D eigenvalue weighted by Gasteiger charge is -2.24. The van der Waals surface area contributed by atoms with Crippen molar-refractivity contribution in [3.05, 3.63) is 0 Å². The summed E-state index contributed by atoms with van der Waals surface area (Å²) in [5.74, 6) is 0.0920. The molecule has 0 radical (unpaired) electrons. The number of amides is 1. The predicted octanol–water partition coefficient (Wildman–Crippen LogP) is 0.455. The second-order valence-electron chi connectivity index (χ2n) is 4.03. The van der Waals surface area contributed by atoms with Gasteiger partial charge in [-0.15, -0.1) is 12.4 Å². The van der Waals surface area contributed by atoms with Gasteiger partial charge >= 0.3 is 0 Å². The largest absolute Gasteiger partial charge is 0.368 e. The van der Waals surface area contributed by atoms with Crippen LogP contribution >= 0.6 is 12.4 Å². The van der Waals surface area contributed by atoms with Crippen LogP contribution < -0.4 is 10.6 Å². The molecule has 0 aromatic carbocycles. The Morgan fingerprint density at radius 3 is 2.60 bits per heavy atom. The first kappa shape index (κ1) is 12.7. The average molecular weight is 235 g/mol. The number of carbonyl (C=O) groups excluding carboxylic acids is 1. The number of nitrogens with one attached hydrogen (secondary N) is 2. The molecule has 1 unspecified atom stereocenters. The minimum absolute atomic E-state index is 0. The van der Waals surface area contributed by atoms with Crippen LogP contribution in [-0.4, -0.2) is 37.7 Å². The molecular weight excluding hydrogens is 216 g/mol. The maximum Gasteiger partial charge on any atom is 0.249 e. The molecule has 5 heteroatoms. The van der Waals surface area contributed by atoms with Gasteiger partial charge in [0.15, 0.2) is 0 Å². The van der Waals surface area contributed by atoms with Crippen molar-refractivity contribution >= 4 is 18.3 Å². The van der Waals surface area contributed by atoms with Gasteiger partial charge in [0.2, 0.25) is 5.91 Å². The third-order valence-electron chi connectivity index (χ3n) is 2.91. The van der Waals surface area contributed by atoms with Gasteiger partial charge in [0.25, 0.3) is 0 Å². The van der Waals surface area contributed by atoms with Crippen molar-refractivity contribution in [1.82, 2.24) is 10.6 Å². The van der Waals surface area contributed by atoms with Gasteiger partial charge in [-0.2, -0.15) is 0 Å².